The summed E-state index contributed by atoms with van der Waals surface area (Å²) in [5, 5.41) is 7.03. The zero-order valence-electron chi connectivity index (χ0n) is 15.5. The third-order valence-electron chi connectivity index (χ3n) is 4.43. The number of hydrogen-bond donors (Lipinski definition) is 1. The van der Waals surface area contributed by atoms with Gasteiger partial charge in [0.15, 0.2) is 0 Å². The number of nitrogens with one attached hydrogen (secondary N) is 1. The summed E-state index contributed by atoms with van der Waals surface area (Å²) in [4.78, 5) is 0. The molecule has 0 bridgehead atoms. The quantitative estimate of drug-likeness (QED) is 0.621. The predicted octanol–water partition coefficient (Wildman–Crippen LogP) is 5.40. The SMILES string of the molecule is CC[n+]1c(-c2ccc(OC)cc2)csc1Nc1c(C)cc(C)cc1C. The van der Waals surface area contributed by atoms with E-state index in [2.05, 4.69) is 67.2 Å². The van der Waals surface area contributed by atoms with Gasteiger partial charge >= 0.3 is 5.13 Å². The Kier molecular flexibility index (Phi) is 5.09. The van der Waals surface area contributed by atoms with Crippen molar-refractivity contribution in [2.24, 2.45) is 0 Å². The summed E-state index contributed by atoms with van der Waals surface area (Å²) in [7, 11) is 1.69. The lowest BCUT2D eigenvalue weighted by Gasteiger charge is -2.09. The van der Waals surface area contributed by atoms with Crippen molar-refractivity contribution in [1.82, 2.24) is 0 Å². The van der Waals surface area contributed by atoms with Gasteiger partial charge in [-0.25, -0.2) is 9.88 Å². The molecule has 3 nitrogen and oxygen atoms in total. The predicted molar refractivity (Wildman–Crippen MR) is 106 cm³/mol. The lowest BCUT2D eigenvalue weighted by molar-refractivity contribution is -0.664. The van der Waals surface area contributed by atoms with Gasteiger partial charge < -0.3 is 4.74 Å². The minimum atomic E-state index is 0.881. The molecule has 0 saturated heterocycles. The zero-order valence-corrected chi connectivity index (χ0v) is 16.3. The van der Waals surface area contributed by atoms with Gasteiger partial charge in [-0.05, 0) is 63.1 Å². The van der Waals surface area contributed by atoms with E-state index in [1.54, 1.807) is 18.4 Å². The smallest absolute Gasteiger partial charge is 0.339 e. The van der Waals surface area contributed by atoms with Gasteiger partial charge in [0.2, 0.25) is 0 Å². The van der Waals surface area contributed by atoms with Crippen molar-refractivity contribution >= 4 is 22.2 Å². The average molecular weight is 354 g/mol. The number of aryl methyl sites for hydroxylation is 3. The second kappa shape index (κ2) is 7.28. The van der Waals surface area contributed by atoms with E-state index in [4.69, 9.17) is 4.74 Å². The maximum absolute atomic E-state index is 5.27. The second-order valence-electron chi connectivity index (χ2n) is 6.30. The van der Waals surface area contributed by atoms with Crippen LogP contribution in [-0.4, -0.2) is 7.11 Å². The fraction of sp³-hybridized carbons (Fsp3) is 0.286. The van der Waals surface area contributed by atoms with Crippen LogP contribution in [0, 0.1) is 20.8 Å². The van der Waals surface area contributed by atoms with Crippen LogP contribution in [0.3, 0.4) is 0 Å². The Morgan fingerprint density at radius 3 is 2.24 bits per heavy atom. The molecule has 0 unspecified atom stereocenters. The van der Waals surface area contributed by atoms with Crippen molar-refractivity contribution < 1.29 is 9.30 Å². The number of thiazole rings is 1. The maximum Gasteiger partial charge on any atom is 0.339 e. The standard InChI is InChI=1S/C21H24N2OS/c1-6-23-19(17-7-9-18(24-5)10-8-17)13-25-21(23)22-20-15(3)11-14(2)12-16(20)4/h7-13H,6H2,1-5H3/p+1. The van der Waals surface area contributed by atoms with E-state index in [-0.39, 0.29) is 0 Å². The van der Waals surface area contributed by atoms with Crippen LogP contribution in [0.15, 0.2) is 41.8 Å². The van der Waals surface area contributed by atoms with E-state index in [1.807, 2.05) is 12.1 Å². The van der Waals surface area contributed by atoms with Gasteiger partial charge in [0.1, 0.15) is 17.1 Å². The summed E-state index contributed by atoms with van der Waals surface area (Å²) in [5.41, 5.74) is 7.48. The Morgan fingerprint density at radius 2 is 1.68 bits per heavy atom. The van der Waals surface area contributed by atoms with Crippen molar-refractivity contribution in [3.63, 3.8) is 0 Å². The molecule has 0 radical (unpaired) electrons. The molecule has 2 aromatic carbocycles. The number of methoxy groups -OCH3 is 1. The van der Waals surface area contributed by atoms with Crippen molar-refractivity contribution in [2.45, 2.75) is 34.2 Å². The fourth-order valence-electron chi connectivity index (χ4n) is 3.23. The molecule has 3 aromatic rings. The Hall–Kier alpha value is -2.33. The molecule has 0 saturated carbocycles. The normalized spacial score (nSPS) is 10.8. The van der Waals surface area contributed by atoms with E-state index < -0.39 is 0 Å². The van der Waals surface area contributed by atoms with Gasteiger partial charge in [-0.15, -0.1) is 0 Å². The van der Waals surface area contributed by atoms with Gasteiger partial charge in [-0.2, -0.15) is 0 Å². The largest absolute Gasteiger partial charge is 0.497 e. The van der Waals surface area contributed by atoms with Gasteiger partial charge in [0, 0.05) is 10.9 Å². The summed E-state index contributed by atoms with van der Waals surface area (Å²) in [6, 6.07) is 12.7. The number of nitrogens with zero attached hydrogens (tertiary/aromatic N) is 1. The van der Waals surface area contributed by atoms with Crippen LogP contribution in [0.4, 0.5) is 10.8 Å². The molecule has 1 N–H and O–H groups in total. The second-order valence-corrected chi connectivity index (χ2v) is 7.16. The Balaban J connectivity index is 1.97. The molecule has 0 atom stereocenters. The highest BCUT2D eigenvalue weighted by molar-refractivity contribution is 7.13. The van der Waals surface area contributed by atoms with Gasteiger partial charge in [0.25, 0.3) is 0 Å². The topological polar surface area (TPSA) is 25.1 Å². The third-order valence-corrected chi connectivity index (χ3v) is 5.32. The van der Waals surface area contributed by atoms with Crippen LogP contribution in [0.1, 0.15) is 23.6 Å². The molecule has 1 heterocycles. The lowest BCUT2D eigenvalue weighted by Crippen LogP contribution is -2.35. The monoisotopic (exact) mass is 353 g/mol. The first-order valence-corrected chi connectivity index (χ1v) is 9.42. The summed E-state index contributed by atoms with van der Waals surface area (Å²) < 4.78 is 7.59. The van der Waals surface area contributed by atoms with Crippen LogP contribution in [0.5, 0.6) is 5.75 Å². The minimum absolute atomic E-state index is 0.881. The fourth-order valence-corrected chi connectivity index (χ4v) is 4.23. The van der Waals surface area contributed by atoms with E-state index in [0.29, 0.717) is 0 Å². The molecule has 0 spiro atoms. The Labute approximate surface area is 153 Å². The number of rotatable bonds is 5. The van der Waals surface area contributed by atoms with Crippen molar-refractivity contribution in [3.8, 4) is 17.0 Å². The van der Waals surface area contributed by atoms with Crippen LogP contribution < -0.4 is 14.6 Å². The molecule has 1 aromatic heterocycles. The van der Waals surface area contributed by atoms with Gasteiger partial charge in [-0.3, -0.25) is 0 Å². The molecule has 0 fully saturated rings. The molecule has 25 heavy (non-hydrogen) atoms. The highest BCUT2D eigenvalue weighted by Crippen LogP contribution is 2.30. The van der Waals surface area contributed by atoms with Crippen LogP contribution >= 0.6 is 11.3 Å². The van der Waals surface area contributed by atoms with E-state index in [9.17, 15) is 0 Å². The van der Waals surface area contributed by atoms with Crippen molar-refractivity contribution in [3.05, 3.63) is 58.5 Å². The summed E-state index contributed by atoms with van der Waals surface area (Å²) >= 11 is 1.74. The highest BCUT2D eigenvalue weighted by Gasteiger charge is 2.20. The zero-order chi connectivity index (χ0) is 18.0. The lowest BCUT2D eigenvalue weighted by atomic mass is 10.1. The van der Waals surface area contributed by atoms with Crippen molar-refractivity contribution in [2.75, 3.05) is 12.4 Å². The minimum Gasteiger partial charge on any atom is -0.497 e. The maximum atomic E-state index is 5.27. The molecular formula is C21H25N2OS+. The Morgan fingerprint density at radius 1 is 1.04 bits per heavy atom. The molecule has 4 heteroatoms. The number of anilines is 2. The van der Waals surface area contributed by atoms with Crippen LogP contribution in [-0.2, 0) is 6.54 Å². The summed E-state index contributed by atoms with van der Waals surface area (Å²) in [5.74, 6) is 0.881. The molecule has 3 rings (SSSR count). The van der Waals surface area contributed by atoms with E-state index in [1.165, 1.54) is 33.6 Å². The van der Waals surface area contributed by atoms with Gasteiger partial charge in [-0.1, -0.05) is 29.0 Å². The number of hydrogen-bond acceptors (Lipinski definition) is 3. The number of benzene rings is 2. The summed E-state index contributed by atoms with van der Waals surface area (Å²) in [6.07, 6.45) is 0. The van der Waals surface area contributed by atoms with E-state index >= 15 is 0 Å². The Bertz CT molecular complexity index is 858. The summed E-state index contributed by atoms with van der Waals surface area (Å²) in [6.45, 7) is 9.56. The van der Waals surface area contributed by atoms with Crippen molar-refractivity contribution in [1.29, 1.82) is 0 Å². The van der Waals surface area contributed by atoms with Crippen LogP contribution in [0.2, 0.25) is 0 Å². The first-order valence-electron chi connectivity index (χ1n) is 8.54. The number of aromatic nitrogens is 1. The molecule has 0 aliphatic carbocycles. The first kappa shape index (κ1) is 17.5. The molecular weight excluding hydrogens is 328 g/mol. The average Bonchev–Trinajstić information content (AvgIpc) is 3.00. The molecule has 0 aliphatic heterocycles. The molecule has 130 valence electrons. The molecule has 0 aliphatic rings. The van der Waals surface area contributed by atoms with Crippen LogP contribution in [0.25, 0.3) is 11.3 Å². The highest BCUT2D eigenvalue weighted by atomic mass is 32.1. The first-order chi connectivity index (χ1) is 12.0. The van der Waals surface area contributed by atoms with E-state index in [0.717, 1.165) is 17.4 Å². The van der Waals surface area contributed by atoms with Gasteiger partial charge in [0.05, 0.1) is 13.7 Å². The third kappa shape index (κ3) is 3.54. The molecule has 0 amide bonds. The number of ether oxygens (including phenoxy) is 1.